The van der Waals surface area contributed by atoms with Crippen molar-refractivity contribution in [3.63, 3.8) is 0 Å². The lowest BCUT2D eigenvalue weighted by Gasteiger charge is -2.17. The van der Waals surface area contributed by atoms with Crippen LogP contribution in [0.5, 0.6) is 0 Å². The number of hydrogen-bond acceptors (Lipinski definition) is 3. The molecule has 4 nitrogen and oxygen atoms in total. The first kappa shape index (κ1) is 24.7. The van der Waals surface area contributed by atoms with Crippen molar-refractivity contribution in [2.75, 3.05) is 0 Å². The van der Waals surface area contributed by atoms with E-state index >= 15 is 0 Å². The lowest BCUT2D eigenvalue weighted by Crippen LogP contribution is -2.17. The Hall–Kier alpha value is -2.53. The van der Waals surface area contributed by atoms with Gasteiger partial charge in [-0.25, -0.2) is 4.98 Å². The van der Waals surface area contributed by atoms with Crippen molar-refractivity contribution in [3.8, 4) is 0 Å². The summed E-state index contributed by atoms with van der Waals surface area (Å²) in [7, 11) is -1.62. The van der Waals surface area contributed by atoms with Crippen LogP contribution in [0.1, 0.15) is 36.4 Å². The highest BCUT2D eigenvalue weighted by atomic mass is 19.4. The van der Waals surface area contributed by atoms with Crippen molar-refractivity contribution in [3.05, 3.63) is 65.0 Å². The molecule has 0 spiro atoms. The number of alkyl halides is 6. The summed E-state index contributed by atoms with van der Waals surface area (Å²) in [5, 5.41) is 18.2. The van der Waals surface area contributed by atoms with Crippen molar-refractivity contribution in [2.24, 2.45) is 0 Å². The Labute approximate surface area is 175 Å². The van der Waals surface area contributed by atoms with Crippen LogP contribution in [0.25, 0.3) is 11.0 Å². The Morgan fingerprint density at radius 1 is 0.935 bits per heavy atom. The average molecular weight is 446 g/mol. The van der Waals surface area contributed by atoms with Gasteiger partial charge in [-0.1, -0.05) is 32.0 Å². The minimum Gasteiger partial charge on any atom is -0.427 e. The minimum atomic E-state index is -4.98. The van der Waals surface area contributed by atoms with Gasteiger partial charge in [-0.2, -0.15) is 26.3 Å². The smallest absolute Gasteiger partial charge is 0.427 e. The summed E-state index contributed by atoms with van der Waals surface area (Å²) in [5.74, 6) is 0.298. The van der Waals surface area contributed by atoms with E-state index in [0.717, 1.165) is 6.07 Å². The van der Waals surface area contributed by atoms with E-state index in [0.29, 0.717) is 22.9 Å². The van der Waals surface area contributed by atoms with E-state index < -0.39 is 30.6 Å². The summed E-state index contributed by atoms with van der Waals surface area (Å²) in [6, 6.07) is 8.13. The molecule has 0 aliphatic rings. The Morgan fingerprint density at radius 2 is 1.58 bits per heavy atom. The number of halogens is 6. The van der Waals surface area contributed by atoms with Crippen LogP contribution in [0, 0.1) is 0 Å². The van der Waals surface area contributed by atoms with E-state index in [-0.39, 0.29) is 30.9 Å². The highest BCUT2D eigenvalue weighted by Crippen LogP contribution is 2.38. The molecule has 0 amide bonds. The Kier molecular flexibility index (Phi) is 7.77. The van der Waals surface area contributed by atoms with Crippen LogP contribution < -0.4 is 0 Å². The highest BCUT2D eigenvalue weighted by Gasteiger charge is 2.38. The van der Waals surface area contributed by atoms with Gasteiger partial charge in [0, 0.05) is 13.0 Å². The summed E-state index contributed by atoms with van der Waals surface area (Å²) in [4.78, 5) is 4.31. The number of nitrogens with zero attached hydrogens (tertiary/aromatic N) is 2. The van der Waals surface area contributed by atoms with Crippen LogP contribution in [-0.2, 0) is 25.3 Å². The van der Waals surface area contributed by atoms with Gasteiger partial charge in [0.1, 0.15) is 5.82 Å². The second-order valence-electron chi connectivity index (χ2n) is 6.49. The van der Waals surface area contributed by atoms with Gasteiger partial charge in [0.2, 0.25) is 0 Å². The number of para-hydroxylation sites is 2. The molecule has 0 unspecified atom stereocenters. The van der Waals surface area contributed by atoms with E-state index in [4.69, 9.17) is 10.0 Å². The van der Waals surface area contributed by atoms with Gasteiger partial charge in [0.05, 0.1) is 22.2 Å². The maximum Gasteiger partial charge on any atom is 0.451 e. The molecule has 1 heterocycles. The molecule has 31 heavy (non-hydrogen) atoms. The molecule has 0 saturated carbocycles. The van der Waals surface area contributed by atoms with Crippen LogP contribution in [0.3, 0.4) is 0 Å². The summed E-state index contributed by atoms with van der Waals surface area (Å²) in [5.41, 5.74) is -2.14. The monoisotopic (exact) mass is 446 g/mol. The first-order chi connectivity index (χ1) is 14.5. The number of benzene rings is 2. The van der Waals surface area contributed by atoms with E-state index in [9.17, 15) is 26.3 Å². The largest absolute Gasteiger partial charge is 0.451 e. The molecule has 3 rings (SSSR count). The van der Waals surface area contributed by atoms with Gasteiger partial charge in [-0.15, -0.1) is 0 Å². The molecule has 0 atom stereocenters. The Balaban J connectivity index is 0.00000166. The zero-order chi connectivity index (χ0) is 23.4. The number of aryl methyl sites for hydroxylation is 1. The van der Waals surface area contributed by atoms with Gasteiger partial charge in [-0.3, -0.25) is 0 Å². The van der Waals surface area contributed by atoms with Gasteiger partial charge in [0.25, 0.3) is 0 Å². The van der Waals surface area contributed by atoms with E-state index in [1.54, 1.807) is 24.3 Å². The highest BCUT2D eigenvalue weighted by molar-refractivity contribution is 6.40. The summed E-state index contributed by atoms with van der Waals surface area (Å²) in [6.07, 6.45) is -9.91. The number of fused-ring (bicyclic) bond motifs is 1. The topological polar surface area (TPSA) is 58.3 Å². The average Bonchev–Trinajstić information content (AvgIpc) is 3.04. The number of imidazole rings is 1. The summed E-state index contributed by atoms with van der Waals surface area (Å²) >= 11 is 0. The third-order valence-corrected chi connectivity index (χ3v) is 4.43. The Bertz CT molecular complexity index is 1020. The van der Waals surface area contributed by atoms with Gasteiger partial charge < -0.3 is 14.6 Å². The van der Waals surface area contributed by atoms with E-state index in [2.05, 4.69) is 4.98 Å². The van der Waals surface area contributed by atoms with Crippen molar-refractivity contribution < 1.29 is 36.4 Å². The zero-order valence-electron chi connectivity index (χ0n) is 16.8. The fraction of sp³-hybridized carbons (Fsp3) is 0.350. The normalized spacial score (nSPS) is 11.9. The SMILES string of the molecule is CC.OB(O)CCc1nc2ccccc2n1Cc1ccc(C(F)(F)F)cc1C(F)(F)F. The van der Waals surface area contributed by atoms with E-state index in [1.165, 1.54) is 4.57 Å². The third kappa shape index (κ3) is 6.01. The van der Waals surface area contributed by atoms with Gasteiger partial charge in [0.15, 0.2) is 0 Å². The first-order valence-electron chi connectivity index (χ1n) is 9.54. The fourth-order valence-corrected chi connectivity index (χ4v) is 3.08. The molecular formula is C20H21BF6N2O2. The fourth-order valence-electron chi connectivity index (χ4n) is 3.08. The molecule has 0 fully saturated rings. The summed E-state index contributed by atoms with van der Waals surface area (Å²) < 4.78 is 80.5. The number of rotatable bonds is 5. The van der Waals surface area contributed by atoms with Crippen LogP contribution >= 0.6 is 0 Å². The molecule has 0 bridgehead atoms. The first-order valence-corrected chi connectivity index (χ1v) is 9.54. The molecule has 11 heteroatoms. The lowest BCUT2D eigenvalue weighted by molar-refractivity contribution is -0.143. The molecular weight excluding hydrogens is 425 g/mol. The van der Waals surface area contributed by atoms with Crippen LogP contribution in [0.2, 0.25) is 6.32 Å². The van der Waals surface area contributed by atoms with Gasteiger partial charge in [-0.05, 0) is 36.1 Å². The molecule has 0 aliphatic carbocycles. The van der Waals surface area contributed by atoms with Gasteiger partial charge >= 0.3 is 19.5 Å². The number of hydrogen-bond donors (Lipinski definition) is 2. The Morgan fingerprint density at radius 3 is 2.16 bits per heavy atom. The molecule has 2 N–H and O–H groups in total. The standard InChI is InChI=1S/C18H15BF6N2O2.C2H6/c20-17(21,22)12-6-5-11(13(9-12)18(23,24)25)10-27-15-4-2-1-3-14(15)26-16(27)7-8-19(28)29;1-2/h1-6,9,28-29H,7-8,10H2;1-2H3. The quantitative estimate of drug-likeness (QED) is 0.421. The second kappa shape index (κ2) is 9.74. The zero-order valence-corrected chi connectivity index (χ0v) is 16.8. The van der Waals surface area contributed by atoms with Crippen LogP contribution in [-0.4, -0.2) is 26.7 Å². The molecule has 0 radical (unpaired) electrons. The molecule has 0 aliphatic heterocycles. The predicted octanol–water partition coefficient (Wildman–Crippen LogP) is 5.16. The lowest BCUT2D eigenvalue weighted by atomic mass is 9.84. The predicted molar refractivity (Wildman–Crippen MR) is 105 cm³/mol. The molecule has 3 aromatic rings. The van der Waals surface area contributed by atoms with Crippen LogP contribution in [0.4, 0.5) is 26.3 Å². The maximum absolute atomic E-state index is 13.5. The molecule has 0 saturated heterocycles. The van der Waals surface area contributed by atoms with Crippen LogP contribution in [0.15, 0.2) is 42.5 Å². The van der Waals surface area contributed by atoms with Crippen molar-refractivity contribution in [1.29, 1.82) is 0 Å². The molecule has 2 aromatic carbocycles. The minimum absolute atomic E-state index is 0.0638. The maximum atomic E-state index is 13.5. The van der Waals surface area contributed by atoms with Crippen molar-refractivity contribution >= 4 is 18.2 Å². The van der Waals surface area contributed by atoms with Crippen molar-refractivity contribution in [1.82, 2.24) is 9.55 Å². The molecule has 1 aromatic heterocycles. The van der Waals surface area contributed by atoms with E-state index in [1.807, 2.05) is 13.8 Å². The second-order valence-corrected chi connectivity index (χ2v) is 6.49. The molecule has 168 valence electrons. The third-order valence-electron chi connectivity index (χ3n) is 4.43. The van der Waals surface area contributed by atoms with Crippen molar-refractivity contribution in [2.45, 2.75) is 45.5 Å². The number of aromatic nitrogens is 2. The summed E-state index contributed by atoms with van der Waals surface area (Å²) in [6.45, 7) is 3.63.